The number of aryl methyl sites for hydroxylation is 1. The van der Waals surface area contributed by atoms with Crippen LogP contribution in [0, 0.1) is 6.92 Å². The van der Waals surface area contributed by atoms with Crippen LogP contribution < -0.4 is 0 Å². The summed E-state index contributed by atoms with van der Waals surface area (Å²) in [6.07, 6.45) is 0.821. The molecule has 0 bridgehead atoms. The average Bonchev–Trinajstić information content (AvgIpc) is 3.85. The second-order valence-corrected chi connectivity index (χ2v) is 18.1. The van der Waals surface area contributed by atoms with E-state index in [9.17, 15) is 0 Å². The van der Waals surface area contributed by atoms with Gasteiger partial charge in [0.1, 0.15) is 0 Å². The molecule has 0 aliphatic carbocycles. The molecule has 0 aliphatic rings. The summed E-state index contributed by atoms with van der Waals surface area (Å²) < 4.78 is 5.08. The molecule has 1 nitrogen and oxygen atoms in total. The maximum absolute atomic E-state index is 4.55. The molecule has 11 aromatic rings. The second-order valence-electron chi connectivity index (χ2n) is 15.9. The van der Waals surface area contributed by atoms with Gasteiger partial charge in [-0.2, -0.15) is 0 Å². The summed E-state index contributed by atoms with van der Waals surface area (Å²) >= 11 is 3.68. The van der Waals surface area contributed by atoms with Crippen LogP contribution in [-0.4, -0.2) is 4.57 Å². The largest absolute Gasteiger partial charge is 0.309 e. The molecule has 0 saturated heterocycles. The molecule has 0 N–H and O–H groups in total. The Bertz CT molecular complexity index is 3460. The number of benzene rings is 9. The highest BCUT2D eigenvalue weighted by molar-refractivity contribution is 7.99. The van der Waals surface area contributed by atoms with Crippen LogP contribution in [0.5, 0.6) is 0 Å². The molecule has 11 rings (SSSR count). The Balaban J connectivity index is 0.919. The number of fused-ring (bicyclic) bond motifs is 6. The molecule has 0 atom stereocenters. The van der Waals surface area contributed by atoms with Gasteiger partial charge in [0.2, 0.25) is 0 Å². The van der Waals surface area contributed by atoms with Crippen molar-refractivity contribution in [2.75, 3.05) is 0 Å². The van der Waals surface area contributed by atoms with Crippen molar-refractivity contribution in [2.45, 2.75) is 23.1 Å². The molecule has 2 heterocycles. The van der Waals surface area contributed by atoms with Gasteiger partial charge in [0.05, 0.1) is 11.0 Å². The number of hydrogen-bond acceptors (Lipinski definition) is 2. The highest BCUT2D eigenvalue weighted by atomic mass is 32.2. The van der Waals surface area contributed by atoms with E-state index in [4.69, 9.17) is 0 Å². The van der Waals surface area contributed by atoms with Gasteiger partial charge in [0, 0.05) is 46.4 Å². The molecular formula is C58H41NS2. The molecule has 0 unspecified atom stereocenters. The van der Waals surface area contributed by atoms with Gasteiger partial charge in [-0.15, -0.1) is 11.3 Å². The van der Waals surface area contributed by atoms with E-state index in [1.165, 1.54) is 102 Å². The predicted molar refractivity (Wildman–Crippen MR) is 264 cm³/mol. The normalized spacial score (nSPS) is 11.6. The molecule has 0 aliphatic heterocycles. The average molecular weight is 816 g/mol. The minimum Gasteiger partial charge on any atom is -0.309 e. The van der Waals surface area contributed by atoms with E-state index in [0.29, 0.717) is 0 Å². The summed E-state index contributed by atoms with van der Waals surface area (Å²) in [5.74, 6) is 0. The van der Waals surface area contributed by atoms with E-state index >= 15 is 0 Å². The first-order chi connectivity index (χ1) is 30.0. The number of rotatable bonds is 9. The van der Waals surface area contributed by atoms with Crippen LogP contribution in [0.4, 0.5) is 0 Å². The Labute approximate surface area is 364 Å². The van der Waals surface area contributed by atoms with Crippen molar-refractivity contribution in [1.82, 2.24) is 4.57 Å². The fourth-order valence-electron chi connectivity index (χ4n) is 8.96. The van der Waals surface area contributed by atoms with Gasteiger partial charge in [0.25, 0.3) is 0 Å². The maximum atomic E-state index is 4.55. The van der Waals surface area contributed by atoms with Crippen LogP contribution in [0.1, 0.15) is 16.7 Å². The second kappa shape index (κ2) is 15.6. The quantitative estimate of drug-likeness (QED) is 0.140. The zero-order chi connectivity index (χ0) is 40.9. The lowest BCUT2D eigenvalue weighted by Gasteiger charge is -2.16. The first-order valence-corrected chi connectivity index (χ1v) is 22.4. The highest BCUT2D eigenvalue weighted by Crippen LogP contribution is 2.41. The van der Waals surface area contributed by atoms with Gasteiger partial charge in [-0.05, 0) is 142 Å². The molecule has 290 valence electrons. The fraction of sp³-hybridized carbons (Fsp3) is 0.0345. The summed E-state index contributed by atoms with van der Waals surface area (Å²) in [6.45, 7) is 6.75. The van der Waals surface area contributed by atoms with Crippen LogP contribution in [0.15, 0.2) is 223 Å². The maximum Gasteiger partial charge on any atom is 0.0541 e. The molecule has 61 heavy (non-hydrogen) atoms. The minimum atomic E-state index is 0.821. The standard InChI is InChI=1S/C58H41NS2/c1-38-26-28-46(36-52(38)49-21-7-6-20-48(49)39(2)32-40-14-4-3-5-15-40)60-47-29-30-56-53(37-47)50-22-8-10-24-55(50)59(56)45-19-13-18-43(34-45)41-16-12-17-42(33-41)44-27-31-58-54(35-44)51-23-9-11-25-57(51)61-58/h3-31,33-37H,2,32H2,1H3. The van der Waals surface area contributed by atoms with Crippen molar-refractivity contribution in [1.29, 1.82) is 0 Å². The fourth-order valence-corrected chi connectivity index (χ4v) is 10.9. The van der Waals surface area contributed by atoms with Gasteiger partial charge < -0.3 is 4.57 Å². The van der Waals surface area contributed by atoms with Crippen molar-refractivity contribution >= 4 is 70.6 Å². The third-order valence-electron chi connectivity index (χ3n) is 12.0. The van der Waals surface area contributed by atoms with Crippen molar-refractivity contribution < 1.29 is 0 Å². The number of allylic oxidation sites excluding steroid dienone is 1. The van der Waals surface area contributed by atoms with E-state index in [2.05, 4.69) is 224 Å². The van der Waals surface area contributed by atoms with E-state index in [1.807, 2.05) is 23.1 Å². The van der Waals surface area contributed by atoms with E-state index in [-0.39, 0.29) is 0 Å². The molecule has 3 heteroatoms. The van der Waals surface area contributed by atoms with Crippen LogP contribution in [0.2, 0.25) is 0 Å². The summed E-state index contributed by atoms with van der Waals surface area (Å²) in [5.41, 5.74) is 15.7. The summed E-state index contributed by atoms with van der Waals surface area (Å²) in [7, 11) is 0. The Morgan fingerprint density at radius 2 is 1.13 bits per heavy atom. The molecule has 0 radical (unpaired) electrons. The van der Waals surface area contributed by atoms with Crippen molar-refractivity contribution in [3.8, 4) is 39.1 Å². The Hall–Kier alpha value is -6.91. The van der Waals surface area contributed by atoms with E-state index in [0.717, 1.165) is 17.7 Å². The molecule has 0 amide bonds. The summed E-state index contributed by atoms with van der Waals surface area (Å²) in [5, 5.41) is 5.15. The first-order valence-electron chi connectivity index (χ1n) is 20.8. The van der Waals surface area contributed by atoms with Gasteiger partial charge in [-0.25, -0.2) is 0 Å². The number of aromatic nitrogens is 1. The van der Waals surface area contributed by atoms with Gasteiger partial charge >= 0.3 is 0 Å². The molecule has 2 aromatic heterocycles. The van der Waals surface area contributed by atoms with Crippen molar-refractivity contribution in [2.24, 2.45) is 0 Å². The number of thiophene rings is 1. The minimum absolute atomic E-state index is 0.821. The van der Waals surface area contributed by atoms with Crippen LogP contribution in [-0.2, 0) is 6.42 Å². The van der Waals surface area contributed by atoms with Gasteiger partial charge in [-0.1, -0.05) is 152 Å². The first kappa shape index (κ1) is 37.1. The number of nitrogens with zero attached hydrogens (tertiary/aromatic N) is 1. The van der Waals surface area contributed by atoms with Crippen LogP contribution in [0.3, 0.4) is 0 Å². The molecular weight excluding hydrogens is 775 g/mol. The van der Waals surface area contributed by atoms with Crippen molar-refractivity contribution in [3.05, 3.63) is 230 Å². The van der Waals surface area contributed by atoms with Gasteiger partial charge in [-0.3, -0.25) is 0 Å². The number of hydrogen-bond donors (Lipinski definition) is 0. The Morgan fingerprint density at radius 3 is 2.00 bits per heavy atom. The van der Waals surface area contributed by atoms with Crippen molar-refractivity contribution in [3.63, 3.8) is 0 Å². The van der Waals surface area contributed by atoms with E-state index in [1.54, 1.807) is 0 Å². The highest BCUT2D eigenvalue weighted by Gasteiger charge is 2.16. The number of para-hydroxylation sites is 1. The lowest BCUT2D eigenvalue weighted by molar-refractivity contribution is 1.18. The molecule has 9 aromatic carbocycles. The van der Waals surface area contributed by atoms with E-state index < -0.39 is 0 Å². The smallest absolute Gasteiger partial charge is 0.0541 e. The molecule has 0 fully saturated rings. The summed E-state index contributed by atoms with van der Waals surface area (Å²) in [4.78, 5) is 2.43. The van der Waals surface area contributed by atoms with Crippen LogP contribution in [0.25, 0.3) is 86.6 Å². The lowest BCUT2D eigenvalue weighted by Crippen LogP contribution is -1.95. The monoisotopic (exact) mass is 815 g/mol. The topological polar surface area (TPSA) is 4.93 Å². The predicted octanol–water partition coefficient (Wildman–Crippen LogP) is 16.9. The Kier molecular flexibility index (Phi) is 9.49. The van der Waals surface area contributed by atoms with Crippen LogP contribution >= 0.6 is 23.1 Å². The Morgan fingerprint density at radius 1 is 0.475 bits per heavy atom. The lowest BCUT2D eigenvalue weighted by atomic mass is 9.90. The molecule has 0 spiro atoms. The third-order valence-corrected chi connectivity index (χ3v) is 14.1. The third kappa shape index (κ3) is 6.96. The SMILES string of the molecule is C=C(Cc1ccccc1)c1ccccc1-c1cc(Sc2ccc3c(c2)c2ccccc2n3-c2cccc(-c3cccc(-c4ccc5sc6ccccc6c5c4)c3)c2)ccc1C. The molecule has 0 saturated carbocycles. The zero-order valence-electron chi connectivity index (χ0n) is 33.8. The van der Waals surface area contributed by atoms with Gasteiger partial charge in [0.15, 0.2) is 0 Å². The summed E-state index contributed by atoms with van der Waals surface area (Å²) in [6, 6.07) is 75.5. The zero-order valence-corrected chi connectivity index (χ0v) is 35.4.